The molecule has 1 atom stereocenters. The van der Waals surface area contributed by atoms with Gasteiger partial charge in [0.1, 0.15) is 5.92 Å². The summed E-state index contributed by atoms with van der Waals surface area (Å²) < 4.78 is 1.13. The quantitative estimate of drug-likeness (QED) is 0.857. The third kappa shape index (κ3) is 1.89. The summed E-state index contributed by atoms with van der Waals surface area (Å²) in [4.78, 5) is 28.7. The first-order chi connectivity index (χ1) is 9.61. The summed E-state index contributed by atoms with van der Waals surface area (Å²) in [6, 6.07) is 6.78. The molecule has 1 aromatic carbocycles. The van der Waals surface area contributed by atoms with Crippen LogP contribution in [0.1, 0.15) is 29.0 Å². The summed E-state index contributed by atoms with van der Waals surface area (Å²) in [5.74, 6) is -1.20. The Morgan fingerprint density at radius 3 is 2.80 bits per heavy atom. The van der Waals surface area contributed by atoms with Crippen LogP contribution < -0.4 is 5.32 Å². The second kappa shape index (κ2) is 4.72. The number of amides is 1. The highest BCUT2D eigenvalue weighted by Gasteiger charge is 2.38. The summed E-state index contributed by atoms with van der Waals surface area (Å²) in [5.41, 5.74) is 0.468. The Morgan fingerprint density at radius 2 is 2.10 bits per heavy atom. The summed E-state index contributed by atoms with van der Waals surface area (Å²) in [7, 11) is 0. The van der Waals surface area contributed by atoms with E-state index in [4.69, 9.17) is 11.6 Å². The van der Waals surface area contributed by atoms with Gasteiger partial charge < -0.3 is 0 Å². The fraction of sp³-hybridized carbons (Fsp3) is 0.231. The Balaban J connectivity index is 2.08. The van der Waals surface area contributed by atoms with Crippen LogP contribution in [-0.4, -0.2) is 26.6 Å². The van der Waals surface area contributed by atoms with E-state index in [-0.39, 0.29) is 5.95 Å². The molecule has 2 heterocycles. The standard InChI is InChI=1S/C13H11ClN4O2/c1-2-9-15-13-16-11(19)10(12(20)18(13)17-9)7-5-3-4-6-8(7)14/h3-6,10H,2H2,1H3,(H,15,16,17,19). The molecule has 0 fully saturated rings. The van der Waals surface area contributed by atoms with E-state index in [1.165, 1.54) is 0 Å². The van der Waals surface area contributed by atoms with Gasteiger partial charge in [-0.05, 0) is 11.6 Å². The predicted octanol–water partition coefficient (Wildman–Crippen LogP) is 1.87. The van der Waals surface area contributed by atoms with Crippen molar-refractivity contribution in [1.82, 2.24) is 14.8 Å². The summed E-state index contributed by atoms with van der Waals surface area (Å²) >= 11 is 6.07. The number of aromatic nitrogens is 3. The van der Waals surface area contributed by atoms with Gasteiger partial charge >= 0.3 is 0 Å². The number of anilines is 1. The van der Waals surface area contributed by atoms with Crippen molar-refractivity contribution in [3.63, 3.8) is 0 Å². The molecule has 0 bridgehead atoms. The maximum absolute atomic E-state index is 12.5. The molecule has 1 aliphatic heterocycles. The molecule has 6 nitrogen and oxygen atoms in total. The molecule has 0 aliphatic carbocycles. The molecule has 1 unspecified atom stereocenters. The van der Waals surface area contributed by atoms with Gasteiger partial charge in [0.05, 0.1) is 0 Å². The molecule has 7 heteroatoms. The number of hydrogen-bond donors (Lipinski definition) is 1. The number of rotatable bonds is 2. The topological polar surface area (TPSA) is 76.9 Å². The van der Waals surface area contributed by atoms with Crippen molar-refractivity contribution in [2.24, 2.45) is 0 Å². The van der Waals surface area contributed by atoms with Crippen LogP contribution in [-0.2, 0) is 11.2 Å². The van der Waals surface area contributed by atoms with E-state index in [2.05, 4.69) is 15.4 Å². The number of nitrogens with one attached hydrogen (secondary N) is 1. The zero-order valence-electron chi connectivity index (χ0n) is 10.6. The zero-order chi connectivity index (χ0) is 14.3. The molecule has 1 aliphatic rings. The maximum Gasteiger partial charge on any atom is 0.267 e. The summed E-state index contributed by atoms with van der Waals surface area (Å²) in [5, 5.41) is 7.06. The normalized spacial score (nSPS) is 17.8. The fourth-order valence-electron chi connectivity index (χ4n) is 2.14. The first kappa shape index (κ1) is 12.8. The van der Waals surface area contributed by atoms with Crippen LogP contribution in [0.25, 0.3) is 0 Å². The lowest BCUT2D eigenvalue weighted by molar-refractivity contribution is -0.117. The van der Waals surface area contributed by atoms with Gasteiger partial charge in [0.2, 0.25) is 11.9 Å². The zero-order valence-corrected chi connectivity index (χ0v) is 11.4. The summed E-state index contributed by atoms with van der Waals surface area (Å²) in [6.45, 7) is 1.87. The van der Waals surface area contributed by atoms with Gasteiger partial charge in [-0.3, -0.25) is 14.9 Å². The van der Waals surface area contributed by atoms with Gasteiger partial charge in [0.15, 0.2) is 5.82 Å². The van der Waals surface area contributed by atoms with Crippen LogP contribution >= 0.6 is 11.6 Å². The minimum absolute atomic E-state index is 0.167. The first-order valence-corrected chi connectivity index (χ1v) is 6.55. The predicted molar refractivity (Wildman–Crippen MR) is 72.8 cm³/mol. The van der Waals surface area contributed by atoms with Gasteiger partial charge in [-0.2, -0.15) is 9.67 Å². The van der Waals surface area contributed by atoms with Gasteiger partial charge in [-0.1, -0.05) is 36.7 Å². The van der Waals surface area contributed by atoms with Crippen LogP contribution in [0.3, 0.4) is 0 Å². The Kier molecular flexibility index (Phi) is 3.02. The van der Waals surface area contributed by atoms with Gasteiger partial charge in [-0.25, -0.2) is 0 Å². The van der Waals surface area contributed by atoms with Crippen molar-refractivity contribution < 1.29 is 9.59 Å². The SMILES string of the molecule is CCc1nc2n(n1)C(=O)C(c1ccccc1Cl)C(=O)N2. The number of benzene rings is 1. The third-order valence-electron chi connectivity index (χ3n) is 3.14. The molecule has 0 saturated carbocycles. The fourth-order valence-corrected chi connectivity index (χ4v) is 2.38. The van der Waals surface area contributed by atoms with E-state index in [9.17, 15) is 9.59 Å². The Morgan fingerprint density at radius 1 is 1.35 bits per heavy atom. The van der Waals surface area contributed by atoms with Gasteiger partial charge in [0, 0.05) is 11.4 Å². The average molecular weight is 291 g/mol. The Bertz CT molecular complexity index is 710. The molecule has 1 amide bonds. The lowest BCUT2D eigenvalue weighted by Crippen LogP contribution is -2.38. The molecular weight excluding hydrogens is 280 g/mol. The Hall–Kier alpha value is -2.21. The maximum atomic E-state index is 12.5. The van der Waals surface area contributed by atoms with E-state index >= 15 is 0 Å². The molecular formula is C13H11ClN4O2. The van der Waals surface area contributed by atoms with Gasteiger partial charge in [0.25, 0.3) is 5.91 Å². The molecule has 2 aromatic rings. The number of aryl methyl sites for hydroxylation is 1. The monoisotopic (exact) mass is 290 g/mol. The van der Waals surface area contributed by atoms with E-state index in [1.54, 1.807) is 24.3 Å². The van der Waals surface area contributed by atoms with E-state index in [1.807, 2.05) is 6.92 Å². The molecule has 0 spiro atoms. The van der Waals surface area contributed by atoms with Crippen LogP contribution in [0.2, 0.25) is 5.02 Å². The highest BCUT2D eigenvalue weighted by molar-refractivity contribution is 6.32. The summed E-state index contributed by atoms with van der Waals surface area (Å²) in [6.07, 6.45) is 0.583. The van der Waals surface area contributed by atoms with Crippen molar-refractivity contribution >= 4 is 29.4 Å². The number of carbonyl (C=O) groups is 2. The van der Waals surface area contributed by atoms with E-state index in [0.717, 1.165) is 4.68 Å². The third-order valence-corrected chi connectivity index (χ3v) is 3.48. The highest BCUT2D eigenvalue weighted by atomic mass is 35.5. The minimum Gasteiger partial charge on any atom is -0.293 e. The molecule has 0 radical (unpaired) electrons. The van der Waals surface area contributed by atoms with Gasteiger partial charge in [-0.15, -0.1) is 5.10 Å². The van der Waals surface area contributed by atoms with Crippen molar-refractivity contribution in [3.8, 4) is 0 Å². The molecule has 3 rings (SSSR count). The highest BCUT2D eigenvalue weighted by Crippen LogP contribution is 2.30. The largest absolute Gasteiger partial charge is 0.293 e. The number of fused-ring (bicyclic) bond motifs is 1. The first-order valence-electron chi connectivity index (χ1n) is 6.17. The average Bonchev–Trinajstić information content (AvgIpc) is 2.84. The number of carbonyl (C=O) groups excluding carboxylic acids is 2. The van der Waals surface area contributed by atoms with E-state index in [0.29, 0.717) is 22.8 Å². The number of hydrogen-bond acceptors (Lipinski definition) is 4. The van der Waals surface area contributed by atoms with Crippen molar-refractivity contribution in [2.45, 2.75) is 19.3 Å². The van der Waals surface area contributed by atoms with Crippen LogP contribution in [0.4, 0.5) is 5.95 Å². The lowest BCUT2D eigenvalue weighted by Gasteiger charge is -2.21. The Labute approximate surface area is 119 Å². The molecule has 1 aromatic heterocycles. The second-order valence-electron chi connectivity index (χ2n) is 4.40. The smallest absolute Gasteiger partial charge is 0.267 e. The second-order valence-corrected chi connectivity index (χ2v) is 4.81. The number of halogens is 1. The van der Waals surface area contributed by atoms with Crippen LogP contribution in [0.5, 0.6) is 0 Å². The van der Waals surface area contributed by atoms with Crippen LogP contribution in [0.15, 0.2) is 24.3 Å². The number of nitrogens with zero attached hydrogens (tertiary/aromatic N) is 3. The molecule has 102 valence electrons. The van der Waals surface area contributed by atoms with Crippen molar-refractivity contribution in [2.75, 3.05) is 5.32 Å². The minimum atomic E-state index is -0.998. The van der Waals surface area contributed by atoms with Crippen molar-refractivity contribution in [3.05, 3.63) is 40.7 Å². The molecule has 1 N–H and O–H groups in total. The lowest BCUT2D eigenvalue weighted by atomic mass is 9.96. The van der Waals surface area contributed by atoms with E-state index < -0.39 is 17.7 Å². The molecule has 20 heavy (non-hydrogen) atoms. The van der Waals surface area contributed by atoms with Crippen LogP contribution in [0, 0.1) is 0 Å². The van der Waals surface area contributed by atoms with Crippen molar-refractivity contribution in [1.29, 1.82) is 0 Å². The molecule has 0 saturated heterocycles.